The first-order valence-electron chi connectivity index (χ1n) is 3.52. The normalized spacial score (nSPS) is 18.2. The molecule has 3 nitrogen and oxygen atoms in total. The van der Waals surface area contributed by atoms with Crippen LogP contribution in [0, 0.1) is 5.92 Å². The zero-order valence-corrected chi connectivity index (χ0v) is 8.70. The SMILES string of the molecule is CCP(=O)(O)CC(C)CN.Cl. The lowest BCUT2D eigenvalue weighted by Crippen LogP contribution is -2.15. The van der Waals surface area contributed by atoms with Gasteiger partial charge in [0.25, 0.3) is 0 Å². The molecule has 0 fully saturated rings. The van der Waals surface area contributed by atoms with E-state index >= 15 is 0 Å². The minimum absolute atomic E-state index is 0. The Bertz CT molecular complexity index is 143. The summed E-state index contributed by atoms with van der Waals surface area (Å²) in [5.74, 6) is 0.163. The van der Waals surface area contributed by atoms with E-state index in [1.807, 2.05) is 6.92 Å². The fraction of sp³-hybridized carbons (Fsp3) is 1.00. The average molecular weight is 202 g/mol. The monoisotopic (exact) mass is 201 g/mol. The molecule has 0 bridgehead atoms. The van der Waals surface area contributed by atoms with Gasteiger partial charge in [-0.15, -0.1) is 12.4 Å². The number of hydrogen-bond acceptors (Lipinski definition) is 2. The van der Waals surface area contributed by atoms with Crippen LogP contribution < -0.4 is 5.73 Å². The van der Waals surface area contributed by atoms with E-state index in [-0.39, 0.29) is 18.3 Å². The Kier molecular flexibility index (Phi) is 7.65. The molecule has 5 heteroatoms. The van der Waals surface area contributed by atoms with Gasteiger partial charge in [-0.25, -0.2) is 0 Å². The van der Waals surface area contributed by atoms with Gasteiger partial charge in [0.05, 0.1) is 0 Å². The lowest BCUT2D eigenvalue weighted by molar-refractivity contribution is 0.467. The molecule has 70 valence electrons. The van der Waals surface area contributed by atoms with Gasteiger partial charge in [-0.2, -0.15) is 0 Å². The molecule has 0 saturated carbocycles. The predicted octanol–water partition coefficient (Wildman–Crippen LogP) is 1.29. The van der Waals surface area contributed by atoms with Crippen LogP contribution in [0.15, 0.2) is 0 Å². The molecule has 11 heavy (non-hydrogen) atoms. The highest BCUT2D eigenvalue weighted by atomic mass is 35.5. The molecule has 0 aromatic heterocycles. The minimum atomic E-state index is -2.83. The largest absolute Gasteiger partial charge is 0.344 e. The van der Waals surface area contributed by atoms with Crippen LogP contribution in [-0.4, -0.2) is 23.8 Å². The summed E-state index contributed by atoms with van der Waals surface area (Å²) in [5.41, 5.74) is 5.30. The molecule has 0 spiro atoms. The van der Waals surface area contributed by atoms with E-state index in [9.17, 15) is 4.57 Å². The fourth-order valence-corrected chi connectivity index (χ4v) is 2.07. The molecule has 0 amide bonds. The topological polar surface area (TPSA) is 63.3 Å². The highest BCUT2D eigenvalue weighted by Crippen LogP contribution is 2.41. The lowest BCUT2D eigenvalue weighted by Gasteiger charge is -2.12. The maximum atomic E-state index is 11.1. The molecule has 0 heterocycles. The quantitative estimate of drug-likeness (QED) is 0.674. The molecule has 0 aliphatic rings. The van der Waals surface area contributed by atoms with Crippen LogP contribution in [0.4, 0.5) is 0 Å². The summed E-state index contributed by atoms with van der Waals surface area (Å²) in [6.07, 6.45) is 0.720. The van der Waals surface area contributed by atoms with Crippen molar-refractivity contribution in [2.24, 2.45) is 11.7 Å². The molecule has 0 aromatic rings. The van der Waals surface area contributed by atoms with Gasteiger partial charge in [-0.1, -0.05) is 13.8 Å². The van der Waals surface area contributed by atoms with Crippen molar-refractivity contribution in [2.75, 3.05) is 18.9 Å². The first-order valence-corrected chi connectivity index (χ1v) is 5.55. The molecule has 0 aliphatic heterocycles. The Morgan fingerprint density at radius 2 is 2.09 bits per heavy atom. The number of rotatable bonds is 4. The van der Waals surface area contributed by atoms with E-state index < -0.39 is 7.37 Å². The average Bonchev–Trinajstić information content (AvgIpc) is 1.87. The van der Waals surface area contributed by atoms with Crippen molar-refractivity contribution in [2.45, 2.75) is 13.8 Å². The van der Waals surface area contributed by atoms with Gasteiger partial charge in [0.15, 0.2) is 0 Å². The third kappa shape index (κ3) is 6.82. The summed E-state index contributed by atoms with van der Waals surface area (Å²) < 4.78 is 11.1. The van der Waals surface area contributed by atoms with E-state index in [1.54, 1.807) is 6.92 Å². The van der Waals surface area contributed by atoms with Crippen molar-refractivity contribution in [3.63, 3.8) is 0 Å². The minimum Gasteiger partial charge on any atom is -0.344 e. The van der Waals surface area contributed by atoms with E-state index in [2.05, 4.69) is 0 Å². The summed E-state index contributed by atoms with van der Waals surface area (Å²) in [6.45, 7) is 4.10. The second-order valence-electron chi connectivity index (χ2n) is 2.69. The molecule has 3 N–H and O–H groups in total. The summed E-state index contributed by atoms with van der Waals surface area (Å²) in [4.78, 5) is 9.12. The van der Waals surface area contributed by atoms with Crippen LogP contribution in [0.3, 0.4) is 0 Å². The number of halogens is 1. The van der Waals surface area contributed by atoms with E-state index in [0.29, 0.717) is 18.9 Å². The van der Waals surface area contributed by atoms with E-state index in [4.69, 9.17) is 10.6 Å². The third-order valence-electron chi connectivity index (χ3n) is 1.49. The highest BCUT2D eigenvalue weighted by Gasteiger charge is 2.17. The van der Waals surface area contributed by atoms with Crippen molar-refractivity contribution in [1.29, 1.82) is 0 Å². The fourth-order valence-electron chi connectivity index (χ4n) is 0.691. The summed E-state index contributed by atoms with van der Waals surface area (Å²) in [7, 11) is -2.83. The molecular formula is C6H17ClNO2P. The van der Waals surface area contributed by atoms with Crippen molar-refractivity contribution < 1.29 is 9.46 Å². The maximum absolute atomic E-state index is 11.1. The van der Waals surface area contributed by atoms with Crippen LogP contribution in [0.5, 0.6) is 0 Å². The van der Waals surface area contributed by atoms with E-state index in [1.165, 1.54) is 0 Å². The Morgan fingerprint density at radius 1 is 1.64 bits per heavy atom. The molecule has 0 saturated heterocycles. The van der Waals surface area contributed by atoms with Crippen molar-refractivity contribution >= 4 is 19.8 Å². The Balaban J connectivity index is 0. The summed E-state index contributed by atoms with van der Waals surface area (Å²) in [5, 5.41) is 0. The summed E-state index contributed by atoms with van der Waals surface area (Å²) in [6, 6.07) is 0. The van der Waals surface area contributed by atoms with Gasteiger partial charge in [0, 0.05) is 12.3 Å². The van der Waals surface area contributed by atoms with Crippen molar-refractivity contribution in [1.82, 2.24) is 0 Å². The lowest BCUT2D eigenvalue weighted by atomic mass is 10.2. The first kappa shape index (κ1) is 14.0. The Hall–Kier alpha value is 0.440. The molecule has 0 rings (SSSR count). The van der Waals surface area contributed by atoms with Crippen molar-refractivity contribution in [3.05, 3.63) is 0 Å². The smallest absolute Gasteiger partial charge is 0.200 e. The Morgan fingerprint density at radius 3 is 2.36 bits per heavy atom. The van der Waals surface area contributed by atoms with Gasteiger partial charge in [-0.3, -0.25) is 4.57 Å². The van der Waals surface area contributed by atoms with Crippen LogP contribution in [0.1, 0.15) is 13.8 Å². The van der Waals surface area contributed by atoms with Crippen LogP contribution in [0.25, 0.3) is 0 Å². The van der Waals surface area contributed by atoms with Gasteiger partial charge < -0.3 is 10.6 Å². The van der Waals surface area contributed by atoms with Crippen molar-refractivity contribution in [3.8, 4) is 0 Å². The standard InChI is InChI=1S/C6H16NO2P.ClH/c1-3-10(8,9)5-6(2)4-7;/h6H,3-5,7H2,1-2H3,(H,8,9);1H. The Labute approximate surface area is 74.2 Å². The highest BCUT2D eigenvalue weighted by molar-refractivity contribution is 7.57. The zero-order valence-electron chi connectivity index (χ0n) is 6.99. The first-order chi connectivity index (χ1) is 4.52. The molecule has 0 aliphatic carbocycles. The molecule has 0 aromatic carbocycles. The molecule has 0 radical (unpaired) electrons. The molecule has 2 atom stereocenters. The van der Waals surface area contributed by atoms with E-state index in [0.717, 1.165) is 0 Å². The summed E-state index contributed by atoms with van der Waals surface area (Å²) >= 11 is 0. The number of hydrogen-bond donors (Lipinski definition) is 2. The van der Waals surface area contributed by atoms with Gasteiger partial charge in [0.1, 0.15) is 0 Å². The molecule has 2 unspecified atom stereocenters. The van der Waals surface area contributed by atoms with Crippen LogP contribution in [0.2, 0.25) is 0 Å². The predicted molar refractivity (Wildman–Crippen MR) is 50.7 cm³/mol. The third-order valence-corrected chi connectivity index (χ3v) is 3.68. The van der Waals surface area contributed by atoms with Gasteiger partial charge in [0.2, 0.25) is 7.37 Å². The molecular weight excluding hydrogens is 184 g/mol. The van der Waals surface area contributed by atoms with Crippen LogP contribution in [-0.2, 0) is 4.57 Å². The van der Waals surface area contributed by atoms with Gasteiger partial charge >= 0.3 is 0 Å². The maximum Gasteiger partial charge on any atom is 0.200 e. The number of nitrogens with two attached hydrogens (primary N) is 1. The van der Waals surface area contributed by atoms with Gasteiger partial charge in [-0.05, 0) is 12.5 Å². The second kappa shape index (κ2) is 6.01. The van der Waals surface area contributed by atoms with Crippen LogP contribution >= 0.6 is 19.8 Å². The zero-order chi connectivity index (χ0) is 8.20. The second-order valence-corrected chi connectivity index (χ2v) is 5.38.